The van der Waals surface area contributed by atoms with Crippen LogP contribution in [0.2, 0.25) is 5.02 Å². The van der Waals surface area contributed by atoms with Gasteiger partial charge in [0, 0.05) is 24.5 Å². The van der Waals surface area contributed by atoms with E-state index in [-0.39, 0.29) is 30.8 Å². The van der Waals surface area contributed by atoms with E-state index in [1.54, 1.807) is 29.2 Å². The van der Waals surface area contributed by atoms with Crippen LogP contribution in [0.15, 0.2) is 24.3 Å². The van der Waals surface area contributed by atoms with Gasteiger partial charge in [-0.05, 0) is 68.8 Å². The van der Waals surface area contributed by atoms with E-state index >= 15 is 0 Å². The average Bonchev–Trinajstić information content (AvgIpc) is 2.87. The number of benzene rings is 1. The van der Waals surface area contributed by atoms with Gasteiger partial charge in [-0.1, -0.05) is 29.7 Å². The van der Waals surface area contributed by atoms with Gasteiger partial charge in [-0.25, -0.2) is 0 Å². The van der Waals surface area contributed by atoms with Crippen LogP contribution in [-0.2, 0) is 25.7 Å². The Balaban J connectivity index is 1.41. The zero-order valence-corrected chi connectivity index (χ0v) is 20.3. The summed E-state index contributed by atoms with van der Waals surface area (Å²) in [6, 6.07) is 6.25. The first kappa shape index (κ1) is 26.1. The highest BCUT2D eigenvalue weighted by molar-refractivity contribution is 6.30. The van der Waals surface area contributed by atoms with Gasteiger partial charge >= 0.3 is 5.97 Å². The van der Waals surface area contributed by atoms with Crippen molar-refractivity contribution in [3.63, 3.8) is 0 Å². The second kappa shape index (κ2) is 13.4. The highest BCUT2D eigenvalue weighted by Crippen LogP contribution is 2.22. The van der Waals surface area contributed by atoms with Crippen molar-refractivity contribution in [1.29, 1.82) is 0 Å². The summed E-state index contributed by atoms with van der Waals surface area (Å²) in [6.07, 6.45) is 10.6. The summed E-state index contributed by atoms with van der Waals surface area (Å²) in [5, 5.41) is 6.73. The van der Waals surface area contributed by atoms with E-state index in [2.05, 4.69) is 16.6 Å². The van der Waals surface area contributed by atoms with E-state index < -0.39 is 12.0 Å². The fourth-order valence-corrected chi connectivity index (χ4v) is 4.61. The molecule has 2 amide bonds. The molecule has 0 unspecified atom stereocenters. The number of rotatable bonds is 9. The third kappa shape index (κ3) is 8.34. The molecule has 2 aliphatic heterocycles. The lowest BCUT2D eigenvalue weighted by molar-refractivity contribution is -0.145. The van der Waals surface area contributed by atoms with Gasteiger partial charge < -0.3 is 20.3 Å². The van der Waals surface area contributed by atoms with Crippen LogP contribution in [0.4, 0.5) is 0 Å². The van der Waals surface area contributed by atoms with Gasteiger partial charge in [-0.2, -0.15) is 0 Å². The number of terminal acetylenes is 1. The molecule has 2 heterocycles. The predicted octanol–water partition coefficient (Wildman–Crippen LogP) is 2.91. The van der Waals surface area contributed by atoms with Crippen molar-refractivity contribution in [2.24, 2.45) is 11.8 Å². The summed E-state index contributed by atoms with van der Waals surface area (Å²) in [5.41, 5.74) is 0.811. The van der Waals surface area contributed by atoms with Gasteiger partial charge in [0.15, 0.2) is 0 Å². The molecule has 0 aliphatic carbocycles. The Labute approximate surface area is 206 Å². The molecule has 1 aromatic rings. The van der Waals surface area contributed by atoms with Gasteiger partial charge in [0.25, 0.3) is 0 Å². The van der Waals surface area contributed by atoms with E-state index in [4.69, 9.17) is 22.8 Å². The van der Waals surface area contributed by atoms with E-state index in [1.165, 1.54) is 0 Å². The van der Waals surface area contributed by atoms with Crippen molar-refractivity contribution < 1.29 is 19.1 Å². The maximum atomic E-state index is 12.8. The molecule has 2 fully saturated rings. The minimum absolute atomic E-state index is 0.109. The van der Waals surface area contributed by atoms with Crippen LogP contribution >= 0.6 is 11.6 Å². The monoisotopic (exact) mass is 487 g/mol. The number of nitrogens with zero attached hydrogens (tertiary/aromatic N) is 1. The number of piperidine rings is 2. The van der Waals surface area contributed by atoms with Crippen LogP contribution in [0.3, 0.4) is 0 Å². The molecule has 3 rings (SSSR count). The Morgan fingerprint density at radius 2 is 1.94 bits per heavy atom. The van der Waals surface area contributed by atoms with Gasteiger partial charge in [0.05, 0.1) is 12.3 Å². The van der Waals surface area contributed by atoms with Gasteiger partial charge in [-0.3, -0.25) is 14.4 Å². The van der Waals surface area contributed by atoms with Crippen LogP contribution in [0.5, 0.6) is 0 Å². The molecule has 0 spiro atoms. The van der Waals surface area contributed by atoms with Crippen LogP contribution in [0.25, 0.3) is 0 Å². The smallest absolute Gasteiger partial charge is 0.309 e. The second-order valence-corrected chi connectivity index (χ2v) is 9.57. The Kier molecular flexibility index (Phi) is 10.2. The number of likely N-dealkylation sites (tertiary alicyclic amines) is 1. The van der Waals surface area contributed by atoms with Crippen LogP contribution < -0.4 is 10.6 Å². The maximum Gasteiger partial charge on any atom is 0.309 e. The topological polar surface area (TPSA) is 87.7 Å². The molecule has 0 saturated carbocycles. The first-order chi connectivity index (χ1) is 16.4. The molecule has 7 nitrogen and oxygen atoms in total. The Bertz CT molecular complexity index is 877. The van der Waals surface area contributed by atoms with E-state index in [1.807, 2.05) is 0 Å². The minimum atomic E-state index is -0.754. The molecular weight excluding hydrogens is 454 g/mol. The second-order valence-electron chi connectivity index (χ2n) is 9.13. The molecule has 184 valence electrons. The maximum absolute atomic E-state index is 12.8. The lowest BCUT2D eigenvalue weighted by Gasteiger charge is -2.33. The molecule has 0 bridgehead atoms. The number of carbonyl (C=O) groups excluding carboxylic acids is 3. The van der Waals surface area contributed by atoms with Crippen molar-refractivity contribution in [1.82, 2.24) is 15.5 Å². The molecule has 2 aliphatic rings. The molecule has 8 heteroatoms. The Morgan fingerprint density at radius 3 is 2.65 bits per heavy atom. The quantitative estimate of drug-likeness (QED) is 0.413. The number of carbonyl (C=O) groups is 3. The van der Waals surface area contributed by atoms with Gasteiger partial charge in [0.2, 0.25) is 11.8 Å². The molecule has 2 N–H and O–H groups in total. The first-order valence-corrected chi connectivity index (χ1v) is 12.5. The number of ether oxygens (including phenoxy) is 1. The third-order valence-electron chi connectivity index (χ3n) is 6.57. The summed E-state index contributed by atoms with van der Waals surface area (Å²) < 4.78 is 5.27. The van der Waals surface area contributed by atoms with Crippen LogP contribution in [0, 0.1) is 24.2 Å². The molecule has 0 radical (unpaired) electrons. The predicted molar refractivity (Wildman–Crippen MR) is 131 cm³/mol. The van der Waals surface area contributed by atoms with E-state index in [0.717, 1.165) is 44.3 Å². The van der Waals surface area contributed by atoms with Crippen LogP contribution in [0.1, 0.15) is 50.5 Å². The summed E-state index contributed by atoms with van der Waals surface area (Å²) >= 11 is 5.85. The largest absolute Gasteiger partial charge is 0.461 e. The summed E-state index contributed by atoms with van der Waals surface area (Å²) in [4.78, 5) is 39.5. The molecule has 34 heavy (non-hydrogen) atoms. The van der Waals surface area contributed by atoms with Crippen molar-refractivity contribution in [3.05, 3.63) is 34.9 Å². The number of nitrogens with one attached hydrogen (secondary N) is 2. The van der Waals surface area contributed by atoms with Crippen molar-refractivity contribution >= 4 is 29.4 Å². The molecule has 2 saturated heterocycles. The standard InChI is InChI=1S/C26H34ClN3O4/c1-2-23(16-25(32)34-18-20-5-8-22(27)9-6-20)29-26(33)21-4-3-15-30(17-21)24(31)10-7-19-11-13-28-14-12-19/h1,5-6,8-9,19,21,23,28H,3-4,7,10-18H2,(H,29,33)/t21-,23-/m1/s1. The molecular formula is C26H34ClN3O4. The van der Waals surface area contributed by atoms with E-state index in [0.29, 0.717) is 36.9 Å². The fraction of sp³-hybridized carbons (Fsp3) is 0.577. The summed E-state index contributed by atoms with van der Waals surface area (Å²) in [5.74, 6) is 2.16. The number of hydrogen-bond acceptors (Lipinski definition) is 5. The number of amides is 2. The lowest BCUT2D eigenvalue weighted by Crippen LogP contribution is -2.47. The zero-order chi connectivity index (χ0) is 24.3. The zero-order valence-electron chi connectivity index (χ0n) is 19.6. The minimum Gasteiger partial charge on any atom is -0.461 e. The van der Waals surface area contributed by atoms with Gasteiger partial charge in [0.1, 0.15) is 12.6 Å². The summed E-state index contributed by atoms with van der Waals surface area (Å²) in [7, 11) is 0. The van der Waals surface area contributed by atoms with Crippen molar-refractivity contribution in [3.8, 4) is 12.3 Å². The molecule has 0 aromatic heterocycles. The van der Waals surface area contributed by atoms with Gasteiger partial charge in [-0.15, -0.1) is 6.42 Å². The highest BCUT2D eigenvalue weighted by atomic mass is 35.5. The fourth-order valence-electron chi connectivity index (χ4n) is 4.49. The highest BCUT2D eigenvalue weighted by Gasteiger charge is 2.30. The molecule has 2 atom stereocenters. The number of esters is 1. The normalized spacial score (nSPS) is 19.6. The average molecular weight is 488 g/mol. The Morgan fingerprint density at radius 1 is 1.21 bits per heavy atom. The van der Waals surface area contributed by atoms with Crippen LogP contribution in [-0.4, -0.2) is 54.9 Å². The lowest BCUT2D eigenvalue weighted by atomic mass is 9.92. The third-order valence-corrected chi connectivity index (χ3v) is 6.82. The first-order valence-electron chi connectivity index (χ1n) is 12.1. The van der Waals surface area contributed by atoms with E-state index in [9.17, 15) is 14.4 Å². The molecule has 1 aromatic carbocycles. The summed E-state index contributed by atoms with van der Waals surface area (Å²) in [6.45, 7) is 3.24. The number of hydrogen-bond donors (Lipinski definition) is 2. The number of halogens is 1. The SMILES string of the molecule is C#C[C@H](CC(=O)OCc1ccc(Cl)cc1)NC(=O)[C@@H]1CCCN(C(=O)CCC2CCNCC2)C1. The van der Waals surface area contributed by atoms with Crippen molar-refractivity contribution in [2.45, 2.75) is 57.6 Å². The Hall–Kier alpha value is -2.56. The van der Waals surface area contributed by atoms with Crippen molar-refractivity contribution in [2.75, 3.05) is 26.2 Å².